The van der Waals surface area contributed by atoms with Crippen molar-refractivity contribution in [2.24, 2.45) is 0 Å². The predicted molar refractivity (Wildman–Crippen MR) is 126 cm³/mol. The topological polar surface area (TPSA) is 95.0 Å². The molecule has 0 unspecified atom stereocenters. The third-order valence-electron chi connectivity index (χ3n) is 7.19. The van der Waals surface area contributed by atoms with Crippen LogP contribution in [0.1, 0.15) is 25.7 Å². The highest BCUT2D eigenvalue weighted by molar-refractivity contribution is 7.89. The number of sulfonamides is 1. The number of pyridine rings is 1. The van der Waals surface area contributed by atoms with Gasteiger partial charge < -0.3 is 9.84 Å². The number of ether oxygens (including phenoxy) is 1. The van der Waals surface area contributed by atoms with Crippen LogP contribution < -0.4 is 9.46 Å². The molecule has 8 nitrogen and oxygen atoms in total. The standard InChI is InChI=1S/C24H32N4O4S/c1-27-14-20(29)13-26-33(30,31)24-9-8-17(18-5-4-10-25-12-18)11-22(24)32-23-16-28(15-21(23)27)19-6-2-3-7-19/h4-5,8-12,19-21,23,26,29H,2-3,6-7,13-16H2,1H3/t20-,21+,23-/m0/s1. The summed E-state index contributed by atoms with van der Waals surface area (Å²) in [6.45, 7) is 1.94. The fourth-order valence-corrected chi connectivity index (χ4v) is 6.59. The summed E-state index contributed by atoms with van der Waals surface area (Å²) in [5.41, 5.74) is 1.74. The minimum atomic E-state index is -3.85. The highest BCUT2D eigenvalue weighted by Gasteiger charge is 2.41. The summed E-state index contributed by atoms with van der Waals surface area (Å²) in [6, 6.07) is 9.58. The number of likely N-dealkylation sites (tertiary alicyclic amines) is 1. The van der Waals surface area contributed by atoms with Crippen molar-refractivity contribution in [3.05, 3.63) is 42.7 Å². The van der Waals surface area contributed by atoms with Crippen molar-refractivity contribution in [1.29, 1.82) is 0 Å². The van der Waals surface area contributed by atoms with Crippen LogP contribution in [-0.2, 0) is 10.0 Å². The lowest BCUT2D eigenvalue weighted by atomic mass is 10.1. The number of nitrogens with one attached hydrogen (secondary N) is 1. The van der Waals surface area contributed by atoms with Gasteiger partial charge in [-0.25, -0.2) is 13.1 Å². The number of benzene rings is 1. The van der Waals surface area contributed by atoms with Crippen LogP contribution in [0.2, 0.25) is 0 Å². The number of aliphatic hydroxyl groups excluding tert-OH is 1. The Labute approximate surface area is 195 Å². The van der Waals surface area contributed by atoms with Crippen molar-refractivity contribution < 1.29 is 18.3 Å². The van der Waals surface area contributed by atoms with E-state index in [2.05, 4.69) is 19.5 Å². The number of rotatable bonds is 2. The van der Waals surface area contributed by atoms with E-state index in [4.69, 9.17) is 4.74 Å². The number of β-amino-alcohol motifs (C(OH)–C–C–N with tert-alkyl or cyclic N) is 1. The maximum atomic E-state index is 13.1. The Kier molecular flexibility index (Phi) is 6.41. The van der Waals surface area contributed by atoms with Crippen LogP contribution in [-0.4, -0.2) is 85.8 Å². The summed E-state index contributed by atoms with van der Waals surface area (Å²) in [5, 5.41) is 10.5. The Bertz CT molecular complexity index is 1080. The molecule has 1 saturated carbocycles. The Morgan fingerprint density at radius 1 is 1.12 bits per heavy atom. The molecule has 33 heavy (non-hydrogen) atoms. The first kappa shape index (κ1) is 22.7. The zero-order valence-electron chi connectivity index (χ0n) is 18.9. The van der Waals surface area contributed by atoms with Crippen molar-refractivity contribution in [2.75, 3.05) is 33.2 Å². The van der Waals surface area contributed by atoms with Gasteiger partial charge in [0.25, 0.3) is 0 Å². The average molecular weight is 473 g/mol. The first-order valence-electron chi connectivity index (χ1n) is 11.7. The van der Waals surface area contributed by atoms with E-state index < -0.39 is 16.1 Å². The summed E-state index contributed by atoms with van der Waals surface area (Å²) in [5.74, 6) is 0.344. The molecule has 2 aromatic rings. The van der Waals surface area contributed by atoms with E-state index in [9.17, 15) is 13.5 Å². The van der Waals surface area contributed by atoms with E-state index in [-0.39, 0.29) is 23.6 Å². The molecule has 1 saturated heterocycles. The quantitative estimate of drug-likeness (QED) is 0.687. The lowest BCUT2D eigenvalue weighted by molar-refractivity contribution is 0.0713. The molecule has 9 heteroatoms. The molecule has 2 aliphatic heterocycles. The van der Waals surface area contributed by atoms with Crippen LogP contribution in [0.4, 0.5) is 0 Å². The Morgan fingerprint density at radius 2 is 1.94 bits per heavy atom. The van der Waals surface area contributed by atoms with Crippen molar-refractivity contribution in [3.8, 4) is 16.9 Å². The Hall–Kier alpha value is -2.04. The molecule has 178 valence electrons. The molecule has 3 heterocycles. The highest BCUT2D eigenvalue weighted by atomic mass is 32.2. The van der Waals surface area contributed by atoms with E-state index in [1.54, 1.807) is 30.6 Å². The smallest absolute Gasteiger partial charge is 0.244 e. The number of likely N-dealkylation sites (N-methyl/N-ethyl adjacent to an activating group) is 1. The summed E-state index contributed by atoms with van der Waals surface area (Å²) < 4.78 is 35.3. The van der Waals surface area contributed by atoms with E-state index in [1.165, 1.54) is 25.7 Å². The van der Waals surface area contributed by atoms with Gasteiger partial charge in [-0.15, -0.1) is 0 Å². The average Bonchev–Trinajstić information content (AvgIpc) is 3.48. The van der Waals surface area contributed by atoms with Crippen molar-refractivity contribution in [1.82, 2.24) is 19.5 Å². The monoisotopic (exact) mass is 472 g/mol. The minimum absolute atomic E-state index is 0.0415. The molecule has 0 amide bonds. The van der Waals surface area contributed by atoms with Gasteiger partial charge in [-0.2, -0.15) is 0 Å². The molecule has 5 rings (SSSR count). The van der Waals surface area contributed by atoms with Gasteiger partial charge in [0.2, 0.25) is 10.0 Å². The lowest BCUT2D eigenvalue weighted by Gasteiger charge is -2.30. The van der Waals surface area contributed by atoms with E-state index in [0.29, 0.717) is 18.3 Å². The number of hydrogen-bond donors (Lipinski definition) is 2. The van der Waals surface area contributed by atoms with Crippen LogP contribution >= 0.6 is 0 Å². The summed E-state index contributed by atoms with van der Waals surface area (Å²) in [4.78, 5) is 8.90. The molecular weight excluding hydrogens is 440 g/mol. The number of hydrogen-bond acceptors (Lipinski definition) is 7. The third-order valence-corrected chi connectivity index (χ3v) is 8.65. The molecular formula is C24H32N4O4S. The maximum absolute atomic E-state index is 13.1. The summed E-state index contributed by atoms with van der Waals surface area (Å²) in [7, 11) is -1.86. The fraction of sp³-hybridized carbons (Fsp3) is 0.542. The van der Waals surface area contributed by atoms with Crippen LogP contribution in [0.3, 0.4) is 0 Å². The normalized spacial score (nSPS) is 29.1. The molecule has 2 fully saturated rings. The molecule has 2 N–H and O–H groups in total. The molecule has 1 aliphatic carbocycles. The molecule has 3 aliphatic rings. The van der Waals surface area contributed by atoms with Gasteiger partial charge in [0.05, 0.1) is 12.1 Å². The highest BCUT2D eigenvalue weighted by Crippen LogP contribution is 2.34. The molecule has 0 bridgehead atoms. The van der Waals surface area contributed by atoms with Gasteiger partial charge in [0.1, 0.15) is 16.7 Å². The first-order valence-corrected chi connectivity index (χ1v) is 13.2. The second kappa shape index (κ2) is 9.31. The zero-order valence-corrected chi connectivity index (χ0v) is 19.7. The van der Waals surface area contributed by atoms with Crippen molar-refractivity contribution in [2.45, 2.75) is 54.9 Å². The van der Waals surface area contributed by atoms with Crippen LogP contribution in [0, 0.1) is 0 Å². The predicted octanol–water partition coefficient (Wildman–Crippen LogP) is 1.71. The molecule has 1 aromatic heterocycles. The second-order valence-electron chi connectivity index (χ2n) is 9.46. The van der Waals surface area contributed by atoms with Gasteiger partial charge in [-0.3, -0.25) is 14.8 Å². The maximum Gasteiger partial charge on any atom is 0.244 e. The van der Waals surface area contributed by atoms with Gasteiger partial charge in [0.15, 0.2) is 0 Å². The summed E-state index contributed by atoms with van der Waals surface area (Å²) in [6.07, 6.45) is 7.38. The van der Waals surface area contributed by atoms with Gasteiger partial charge in [-0.05, 0) is 43.7 Å². The SMILES string of the molecule is CN1C[C@@H](O)CNS(=O)(=O)c2ccc(-c3cccnc3)cc2O[C@H]2CN(C3CCCC3)C[C@H]21. The number of fused-ring (bicyclic) bond motifs is 2. The first-order chi connectivity index (χ1) is 15.9. The molecule has 3 atom stereocenters. The summed E-state index contributed by atoms with van der Waals surface area (Å²) >= 11 is 0. The van der Waals surface area contributed by atoms with Crippen LogP contribution in [0.25, 0.3) is 11.1 Å². The Morgan fingerprint density at radius 3 is 2.70 bits per heavy atom. The molecule has 0 spiro atoms. The fourth-order valence-electron chi connectivity index (χ4n) is 5.41. The largest absolute Gasteiger partial charge is 0.486 e. The van der Waals surface area contributed by atoms with E-state index >= 15 is 0 Å². The van der Waals surface area contributed by atoms with Crippen LogP contribution in [0.5, 0.6) is 5.75 Å². The van der Waals surface area contributed by atoms with Gasteiger partial charge in [-0.1, -0.05) is 25.0 Å². The lowest BCUT2D eigenvalue weighted by Crippen LogP contribution is -2.47. The van der Waals surface area contributed by atoms with E-state index in [0.717, 1.165) is 24.2 Å². The molecule has 1 aromatic carbocycles. The van der Waals surface area contributed by atoms with Gasteiger partial charge in [0, 0.05) is 50.2 Å². The number of nitrogens with zero attached hydrogens (tertiary/aromatic N) is 3. The number of aliphatic hydroxyl groups is 1. The third kappa shape index (κ3) is 4.79. The second-order valence-corrected chi connectivity index (χ2v) is 11.2. The van der Waals surface area contributed by atoms with Crippen LogP contribution in [0.15, 0.2) is 47.6 Å². The molecule has 0 radical (unpaired) electrons. The zero-order chi connectivity index (χ0) is 23.0. The van der Waals surface area contributed by atoms with Gasteiger partial charge >= 0.3 is 0 Å². The van der Waals surface area contributed by atoms with Crippen molar-refractivity contribution >= 4 is 10.0 Å². The minimum Gasteiger partial charge on any atom is -0.486 e. The van der Waals surface area contributed by atoms with Crippen molar-refractivity contribution in [3.63, 3.8) is 0 Å². The Balaban J connectivity index is 1.54. The number of aromatic nitrogens is 1. The van der Waals surface area contributed by atoms with E-state index in [1.807, 2.05) is 19.2 Å².